The van der Waals surface area contributed by atoms with Gasteiger partial charge >= 0.3 is 0 Å². The number of aromatic nitrogens is 1. The molecule has 1 N–H and O–H groups in total. The first kappa shape index (κ1) is 12.9. The van der Waals surface area contributed by atoms with Crippen LogP contribution in [0.2, 0.25) is 0 Å². The van der Waals surface area contributed by atoms with Crippen LogP contribution in [-0.4, -0.2) is 24.2 Å². The van der Waals surface area contributed by atoms with Gasteiger partial charge in [0.25, 0.3) is 0 Å². The highest BCUT2D eigenvalue weighted by Crippen LogP contribution is 2.26. The second kappa shape index (κ2) is 5.42. The van der Waals surface area contributed by atoms with E-state index in [1.807, 2.05) is 24.3 Å². The maximum atomic E-state index is 11.8. The molecule has 2 rings (SSSR count). The summed E-state index contributed by atoms with van der Waals surface area (Å²) in [5.74, 6) is -0.0161. The summed E-state index contributed by atoms with van der Waals surface area (Å²) >= 11 is 5.50. The molecule has 2 aromatic rings. The summed E-state index contributed by atoms with van der Waals surface area (Å²) < 4.78 is 1.58. The van der Waals surface area contributed by atoms with Gasteiger partial charge in [-0.15, -0.1) is 0 Å². The number of nitrogens with one attached hydrogen (secondary N) is 1. The summed E-state index contributed by atoms with van der Waals surface area (Å²) in [6.07, 6.45) is 0.676. The van der Waals surface area contributed by atoms with Gasteiger partial charge in [0, 0.05) is 18.9 Å². The third-order valence-electron chi connectivity index (χ3n) is 2.92. The van der Waals surface area contributed by atoms with Gasteiger partial charge in [-0.05, 0) is 29.8 Å². The quantitative estimate of drug-likeness (QED) is 0.666. The van der Waals surface area contributed by atoms with Gasteiger partial charge in [0.05, 0.1) is 5.52 Å². The average Bonchev–Trinajstić information content (AvgIpc) is 2.70. The van der Waals surface area contributed by atoms with E-state index in [-0.39, 0.29) is 5.78 Å². The fourth-order valence-electron chi connectivity index (χ4n) is 2.25. The zero-order valence-corrected chi connectivity index (χ0v) is 11.1. The van der Waals surface area contributed by atoms with E-state index < -0.39 is 0 Å². The number of hydrogen-bond acceptors (Lipinski definition) is 3. The van der Waals surface area contributed by atoms with Crippen molar-refractivity contribution in [3.63, 3.8) is 0 Å². The normalized spacial score (nSPS) is 10.8. The number of benzene rings is 1. The van der Waals surface area contributed by atoms with Gasteiger partial charge in [-0.25, -0.2) is 4.84 Å². The minimum absolute atomic E-state index is 0.0161. The summed E-state index contributed by atoms with van der Waals surface area (Å²) in [4.78, 5) is 19.7. The highest BCUT2D eigenvalue weighted by atomic mass is 35.5. The molecular weight excluding hydrogens is 252 g/mol. The van der Waals surface area contributed by atoms with Crippen molar-refractivity contribution in [3.8, 4) is 0 Å². The van der Waals surface area contributed by atoms with Crippen LogP contribution in [-0.2, 0) is 6.42 Å². The maximum absolute atomic E-state index is 11.8. The van der Waals surface area contributed by atoms with Gasteiger partial charge in [-0.3, -0.25) is 4.79 Å². The van der Waals surface area contributed by atoms with Crippen LogP contribution in [0.1, 0.15) is 23.0 Å². The Kier molecular flexibility index (Phi) is 3.89. The van der Waals surface area contributed by atoms with Crippen molar-refractivity contribution in [3.05, 3.63) is 35.5 Å². The number of ketones is 1. The largest absolute Gasteiger partial charge is 0.416 e. The second-order valence-electron chi connectivity index (χ2n) is 4.01. The van der Waals surface area contributed by atoms with E-state index >= 15 is 0 Å². The number of fused-ring (bicyclic) bond motifs is 1. The number of nitrogens with zero attached hydrogens (tertiary/aromatic N) is 1. The molecule has 4 nitrogen and oxygen atoms in total. The topological polar surface area (TPSA) is 43.3 Å². The summed E-state index contributed by atoms with van der Waals surface area (Å²) in [5, 5.41) is 1.02. The van der Waals surface area contributed by atoms with E-state index in [0.29, 0.717) is 18.7 Å². The molecule has 0 radical (unpaired) electrons. The van der Waals surface area contributed by atoms with Gasteiger partial charge in [0.1, 0.15) is 12.8 Å². The first-order chi connectivity index (χ1) is 8.70. The zero-order chi connectivity index (χ0) is 13.1. The van der Waals surface area contributed by atoms with Crippen molar-refractivity contribution in [2.45, 2.75) is 13.3 Å². The molecular formula is C13H15ClN2O2. The van der Waals surface area contributed by atoms with E-state index in [9.17, 15) is 4.79 Å². The Morgan fingerprint density at radius 1 is 1.44 bits per heavy atom. The zero-order valence-electron chi connectivity index (χ0n) is 10.4. The van der Waals surface area contributed by atoms with Crippen molar-refractivity contribution in [2.75, 3.05) is 13.7 Å². The van der Waals surface area contributed by atoms with E-state index in [1.54, 1.807) is 18.8 Å². The molecule has 0 aliphatic carbocycles. The van der Waals surface area contributed by atoms with Crippen molar-refractivity contribution in [1.29, 1.82) is 0 Å². The lowest BCUT2D eigenvalue weighted by Crippen LogP contribution is -2.15. The third-order valence-corrected chi connectivity index (χ3v) is 3.11. The molecule has 0 spiro atoms. The minimum atomic E-state index is -0.0161. The van der Waals surface area contributed by atoms with Crippen molar-refractivity contribution >= 4 is 28.5 Å². The van der Waals surface area contributed by atoms with Gasteiger partial charge in [0.2, 0.25) is 0 Å². The predicted molar refractivity (Wildman–Crippen MR) is 72.0 cm³/mol. The van der Waals surface area contributed by atoms with Crippen LogP contribution in [0.5, 0.6) is 0 Å². The lowest BCUT2D eigenvalue weighted by atomic mass is 10.1. The number of hydrogen-bond donors (Lipinski definition) is 1. The first-order valence-corrected chi connectivity index (χ1v) is 6.09. The Hall–Kier alpha value is -1.52. The number of carbonyl (C=O) groups excluding carboxylic acids is 1. The lowest BCUT2D eigenvalue weighted by molar-refractivity contribution is 0.0961. The Bertz CT molecular complexity index is 578. The third kappa shape index (κ3) is 2.09. The molecule has 0 atom stereocenters. The predicted octanol–water partition coefficient (Wildman–Crippen LogP) is 2.19. The molecule has 96 valence electrons. The summed E-state index contributed by atoms with van der Waals surface area (Å²) in [6.45, 7) is 2.14. The number of carbonyl (C=O) groups is 1. The second-order valence-corrected chi connectivity index (χ2v) is 4.28. The highest BCUT2D eigenvalue weighted by Gasteiger charge is 2.20. The molecule has 0 aliphatic heterocycles. The fraction of sp³-hybridized carbons (Fsp3) is 0.308. The van der Waals surface area contributed by atoms with Crippen LogP contribution in [0.3, 0.4) is 0 Å². The molecule has 5 heteroatoms. The van der Waals surface area contributed by atoms with E-state index in [2.05, 4.69) is 4.84 Å². The first-order valence-electron chi connectivity index (χ1n) is 5.72. The van der Waals surface area contributed by atoms with Crippen LogP contribution < -0.4 is 9.67 Å². The van der Waals surface area contributed by atoms with Crippen molar-refractivity contribution < 1.29 is 9.63 Å². The SMILES string of the molecule is COn1c(C(C)=O)c(CCNCl)c2ccccc21. The molecule has 0 saturated heterocycles. The van der Waals surface area contributed by atoms with E-state index in [0.717, 1.165) is 16.5 Å². The Labute approximate surface area is 111 Å². The Morgan fingerprint density at radius 2 is 2.17 bits per heavy atom. The van der Waals surface area contributed by atoms with Crippen LogP contribution in [0.15, 0.2) is 24.3 Å². The highest BCUT2D eigenvalue weighted by molar-refractivity contribution is 6.13. The van der Waals surface area contributed by atoms with Crippen molar-refractivity contribution in [2.24, 2.45) is 0 Å². The minimum Gasteiger partial charge on any atom is -0.416 e. The monoisotopic (exact) mass is 266 g/mol. The molecule has 1 heterocycles. The van der Waals surface area contributed by atoms with E-state index in [4.69, 9.17) is 16.6 Å². The van der Waals surface area contributed by atoms with E-state index in [1.165, 1.54) is 0 Å². The Morgan fingerprint density at radius 3 is 2.78 bits per heavy atom. The van der Waals surface area contributed by atoms with Gasteiger partial charge in [0.15, 0.2) is 5.78 Å². The van der Waals surface area contributed by atoms with Crippen LogP contribution in [0.25, 0.3) is 10.9 Å². The Balaban J connectivity index is 2.70. The fourth-order valence-corrected chi connectivity index (χ4v) is 2.34. The molecule has 0 fully saturated rings. The molecule has 0 amide bonds. The average molecular weight is 267 g/mol. The molecule has 0 aliphatic rings. The number of Topliss-reactive ketones (excluding diaryl/α,β-unsaturated/α-hetero) is 1. The summed E-state index contributed by atoms with van der Waals surface area (Å²) in [7, 11) is 1.56. The molecule has 0 bridgehead atoms. The number of rotatable bonds is 5. The van der Waals surface area contributed by atoms with Crippen LogP contribution in [0.4, 0.5) is 0 Å². The lowest BCUT2D eigenvalue weighted by Gasteiger charge is -2.07. The van der Waals surface area contributed by atoms with Crippen LogP contribution >= 0.6 is 11.8 Å². The van der Waals surface area contributed by atoms with Gasteiger partial charge in [-0.2, -0.15) is 4.73 Å². The van der Waals surface area contributed by atoms with Gasteiger partial charge < -0.3 is 4.84 Å². The molecule has 18 heavy (non-hydrogen) atoms. The summed E-state index contributed by atoms with van der Waals surface area (Å²) in [5.41, 5.74) is 2.45. The molecule has 1 aromatic heterocycles. The maximum Gasteiger partial charge on any atom is 0.179 e. The standard InChI is InChI=1S/C13H15ClN2O2/c1-9(17)13-11(7-8-15-14)10-5-3-4-6-12(10)16(13)18-2/h3-6,15H,7-8H2,1-2H3. The van der Waals surface area contributed by atoms with Crippen LogP contribution in [0, 0.1) is 0 Å². The molecule has 0 unspecified atom stereocenters. The number of para-hydroxylation sites is 1. The smallest absolute Gasteiger partial charge is 0.179 e. The molecule has 0 saturated carbocycles. The van der Waals surface area contributed by atoms with Crippen molar-refractivity contribution in [1.82, 2.24) is 9.57 Å². The molecule has 1 aromatic carbocycles. The number of halogens is 1. The van der Waals surface area contributed by atoms with Gasteiger partial charge in [-0.1, -0.05) is 18.2 Å². The summed E-state index contributed by atoms with van der Waals surface area (Å²) in [6, 6.07) is 7.79.